The molecule has 1 amide bonds. The molecule has 3 heteroatoms. The molecule has 1 saturated carbocycles. The zero-order chi connectivity index (χ0) is 16.4. The van der Waals surface area contributed by atoms with Gasteiger partial charge in [-0.3, -0.25) is 4.79 Å². The van der Waals surface area contributed by atoms with E-state index >= 15 is 0 Å². The highest BCUT2D eigenvalue weighted by Crippen LogP contribution is 2.76. The van der Waals surface area contributed by atoms with Gasteiger partial charge in [-0.15, -0.1) is 7.26 Å². The highest BCUT2D eigenvalue weighted by Gasteiger charge is 2.58. The average molecular weight is 319 g/mol. The van der Waals surface area contributed by atoms with Crippen LogP contribution in [0.4, 0.5) is 5.69 Å². The monoisotopic (exact) mass is 319 g/mol. The molecule has 0 bridgehead atoms. The van der Waals surface area contributed by atoms with Crippen LogP contribution in [0.25, 0.3) is 0 Å². The fourth-order valence-electron chi connectivity index (χ4n) is 4.07. The van der Waals surface area contributed by atoms with Gasteiger partial charge >= 0.3 is 0 Å². The van der Waals surface area contributed by atoms with Crippen LogP contribution < -0.4 is 5.32 Å². The third kappa shape index (κ3) is 2.60. The summed E-state index contributed by atoms with van der Waals surface area (Å²) in [4.78, 5) is 13.2. The molecule has 22 heavy (non-hydrogen) atoms. The van der Waals surface area contributed by atoms with Gasteiger partial charge in [-0.25, -0.2) is 0 Å². The molecule has 2 nitrogen and oxygen atoms in total. The van der Waals surface area contributed by atoms with Crippen LogP contribution >= 0.6 is 7.26 Å². The van der Waals surface area contributed by atoms with Crippen LogP contribution in [0.2, 0.25) is 0 Å². The summed E-state index contributed by atoms with van der Waals surface area (Å²) in [6, 6.07) is 6.20. The Morgan fingerprint density at radius 3 is 2.14 bits per heavy atom. The second-order valence-electron chi connectivity index (χ2n) is 6.53. The van der Waals surface area contributed by atoms with Gasteiger partial charge in [-0.2, -0.15) is 13.1 Å². The fourth-order valence-corrected chi connectivity index (χ4v) is 8.62. The van der Waals surface area contributed by atoms with Gasteiger partial charge in [0.2, 0.25) is 0 Å². The van der Waals surface area contributed by atoms with Crippen molar-refractivity contribution in [3.05, 3.63) is 35.5 Å². The number of carbonyl (C=O) groups excluding carboxylic acids is 1. The average Bonchev–Trinajstić information content (AvgIpc) is 2.46. The van der Waals surface area contributed by atoms with Crippen molar-refractivity contribution in [2.45, 2.75) is 59.0 Å². The summed E-state index contributed by atoms with van der Waals surface area (Å²) in [5.41, 5.74) is 3.32. The van der Waals surface area contributed by atoms with Crippen molar-refractivity contribution in [3.8, 4) is 0 Å². The normalized spacial score (nSPS) is 17.0. The van der Waals surface area contributed by atoms with Crippen molar-refractivity contribution >= 4 is 18.9 Å². The third-order valence-electron chi connectivity index (χ3n) is 5.80. The van der Waals surface area contributed by atoms with E-state index in [1.165, 1.54) is 6.42 Å². The number of para-hydroxylation sites is 1. The summed E-state index contributed by atoms with van der Waals surface area (Å²) >= 11 is 0. The van der Waals surface area contributed by atoms with Crippen molar-refractivity contribution in [2.75, 3.05) is 17.6 Å². The Kier molecular flexibility index (Phi) is 5.33. The van der Waals surface area contributed by atoms with Crippen LogP contribution in [0, 0.1) is 20.0 Å². The van der Waals surface area contributed by atoms with E-state index in [1.54, 1.807) is 0 Å². The minimum absolute atomic E-state index is 0.111. The smallest absolute Gasteiger partial charge is 0.265 e. The predicted molar refractivity (Wildman–Crippen MR) is 99.1 cm³/mol. The van der Waals surface area contributed by atoms with Crippen LogP contribution in [0.5, 0.6) is 0 Å². The molecule has 0 aromatic heterocycles. The molecule has 1 aromatic carbocycles. The molecule has 0 heterocycles. The van der Waals surface area contributed by atoms with Crippen molar-refractivity contribution in [1.29, 1.82) is 0 Å². The first-order valence-electron chi connectivity index (χ1n) is 8.51. The maximum absolute atomic E-state index is 13.2. The summed E-state index contributed by atoms with van der Waals surface area (Å²) in [5, 5.41) is 3.19. The summed E-state index contributed by atoms with van der Waals surface area (Å²) in [6.45, 7) is 10.9. The molecule has 1 fully saturated rings. The quantitative estimate of drug-likeness (QED) is 0.552. The summed E-state index contributed by atoms with van der Waals surface area (Å²) in [7, 11) is -1.33. The van der Waals surface area contributed by atoms with Gasteiger partial charge in [0.25, 0.3) is 5.91 Å². The van der Waals surface area contributed by atoms with Crippen LogP contribution in [0.1, 0.15) is 51.2 Å². The van der Waals surface area contributed by atoms with E-state index in [9.17, 15) is 4.79 Å². The van der Waals surface area contributed by atoms with Gasteiger partial charge < -0.3 is 5.32 Å². The van der Waals surface area contributed by atoms with E-state index in [0.717, 1.165) is 42.0 Å². The van der Waals surface area contributed by atoms with Crippen LogP contribution in [0.15, 0.2) is 18.2 Å². The zero-order valence-corrected chi connectivity index (χ0v) is 15.6. The Morgan fingerprint density at radius 2 is 1.77 bits per heavy atom. The van der Waals surface area contributed by atoms with E-state index in [1.807, 2.05) is 0 Å². The van der Waals surface area contributed by atoms with E-state index in [-0.39, 0.29) is 11.1 Å². The van der Waals surface area contributed by atoms with E-state index < -0.39 is 7.26 Å². The molecule has 1 aliphatic carbocycles. The zero-order valence-electron chi connectivity index (χ0n) is 14.7. The molecule has 1 aliphatic rings. The fraction of sp³-hybridized carbons (Fsp3) is 0.579. The van der Waals surface area contributed by atoms with E-state index in [0.29, 0.717) is 0 Å². The van der Waals surface area contributed by atoms with Crippen molar-refractivity contribution in [3.63, 3.8) is 0 Å². The standard InChI is InChI=1S/C19H30NOP/c1-6-22(7-2,8-3)19(13-10-14-19)18(21)20-17-15(4)11-9-12-16(17)5/h6,9,11-12H,7-8,10,13-14H2,1-5H3,(H,20,21). The molecule has 2 rings (SSSR count). The first kappa shape index (κ1) is 17.5. The van der Waals surface area contributed by atoms with Crippen molar-refractivity contribution in [1.82, 2.24) is 0 Å². The maximum Gasteiger partial charge on any atom is 0.265 e. The van der Waals surface area contributed by atoms with Gasteiger partial charge in [-0.1, -0.05) is 18.2 Å². The number of rotatable bonds is 6. The van der Waals surface area contributed by atoms with Crippen LogP contribution in [-0.4, -0.2) is 23.4 Å². The van der Waals surface area contributed by atoms with Gasteiger partial charge in [-0.05, 0) is 58.1 Å². The lowest BCUT2D eigenvalue weighted by Crippen LogP contribution is -2.51. The number of benzene rings is 1. The molecule has 0 unspecified atom stereocenters. The van der Waals surface area contributed by atoms with E-state index in [4.69, 9.17) is 0 Å². The lowest BCUT2D eigenvalue weighted by Gasteiger charge is -2.53. The van der Waals surface area contributed by atoms with Gasteiger partial charge in [0.1, 0.15) is 5.16 Å². The molecule has 0 atom stereocenters. The molecule has 122 valence electrons. The Hall–Kier alpha value is -0.880. The molecule has 0 radical (unpaired) electrons. The minimum atomic E-state index is -1.33. The number of anilines is 1. The SMILES string of the molecule is C[CH-][P+](CC)(CC)C1(C(=O)Nc2c(C)cccc2C)CCC1. The predicted octanol–water partition coefficient (Wildman–Crippen LogP) is 5.40. The molecule has 0 saturated heterocycles. The molecule has 1 aromatic rings. The number of carbonyl (C=O) groups is 1. The summed E-state index contributed by atoms with van der Waals surface area (Å²) < 4.78 is 0. The van der Waals surface area contributed by atoms with Gasteiger partial charge in [0, 0.05) is 18.0 Å². The van der Waals surface area contributed by atoms with Crippen LogP contribution in [-0.2, 0) is 4.79 Å². The topological polar surface area (TPSA) is 29.1 Å². The van der Waals surface area contributed by atoms with Crippen LogP contribution in [0.3, 0.4) is 0 Å². The minimum Gasteiger partial charge on any atom is -0.322 e. The molecule has 1 N–H and O–H groups in total. The Bertz CT molecular complexity index is 516. The lowest BCUT2D eigenvalue weighted by atomic mass is 9.83. The second-order valence-corrected chi connectivity index (χ2v) is 11.2. The van der Waals surface area contributed by atoms with Gasteiger partial charge in [0.05, 0.1) is 0 Å². The number of hydrogen-bond donors (Lipinski definition) is 1. The highest BCUT2D eigenvalue weighted by molar-refractivity contribution is 7.80. The largest absolute Gasteiger partial charge is 0.322 e. The lowest BCUT2D eigenvalue weighted by molar-refractivity contribution is -0.120. The molecular weight excluding hydrogens is 289 g/mol. The number of nitrogens with one attached hydrogen (secondary N) is 1. The number of hydrogen-bond acceptors (Lipinski definition) is 1. The maximum atomic E-state index is 13.2. The highest BCUT2D eigenvalue weighted by atomic mass is 31.2. The van der Waals surface area contributed by atoms with Crippen molar-refractivity contribution < 1.29 is 4.79 Å². The Labute approximate surface area is 136 Å². The Balaban J connectivity index is 2.34. The number of aryl methyl sites for hydroxylation is 2. The molecular formula is C19H30NOP. The number of amides is 1. The summed E-state index contributed by atoms with van der Waals surface area (Å²) in [5.74, 6) is 0.270. The molecule has 0 spiro atoms. The third-order valence-corrected chi connectivity index (χ3v) is 11.4. The summed E-state index contributed by atoms with van der Waals surface area (Å²) in [6.07, 6.45) is 7.99. The van der Waals surface area contributed by atoms with Gasteiger partial charge in [0.15, 0.2) is 0 Å². The first-order chi connectivity index (χ1) is 10.5. The first-order valence-corrected chi connectivity index (χ1v) is 10.7. The van der Waals surface area contributed by atoms with E-state index in [2.05, 4.69) is 64.3 Å². The second kappa shape index (κ2) is 6.71. The molecule has 0 aliphatic heterocycles. The van der Waals surface area contributed by atoms with Crippen molar-refractivity contribution in [2.24, 2.45) is 0 Å². The Morgan fingerprint density at radius 1 is 1.23 bits per heavy atom.